The topological polar surface area (TPSA) is 23.4 Å². The fraction of sp³-hybridized carbons (Fsp3) is 0.231. The van der Waals surface area contributed by atoms with Gasteiger partial charge in [-0.1, -0.05) is 50.2 Å². The number of hydrogen-bond acceptors (Lipinski definition) is 2. The molecule has 1 aromatic heterocycles. The molecule has 0 saturated carbocycles. The van der Waals surface area contributed by atoms with Gasteiger partial charge in [0.25, 0.3) is 0 Å². The lowest BCUT2D eigenvalue weighted by molar-refractivity contribution is -0.139. The van der Waals surface area contributed by atoms with Gasteiger partial charge in [0.05, 0.1) is 17.5 Å². The van der Waals surface area contributed by atoms with Crippen LogP contribution in [0.2, 0.25) is 0 Å². The minimum absolute atomic E-state index is 0.182. The highest BCUT2D eigenvalue weighted by Gasteiger charge is 2.32. The first-order chi connectivity index (χ1) is 15.8. The fourth-order valence-corrected chi connectivity index (χ4v) is 5.43. The molecule has 4 aromatic rings. The van der Waals surface area contributed by atoms with Gasteiger partial charge in [-0.3, -0.25) is 0 Å². The van der Waals surface area contributed by atoms with Crippen molar-refractivity contribution in [2.24, 2.45) is 0 Å². The maximum atomic E-state index is 13.7. The Kier molecular flexibility index (Phi) is 6.99. The minimum atomic E-state index is -2.87. The molecule has 172 valence electrons. The van der Waals surface area contributed by atoms with Crippen molar-refractivity contribution in [2.45, 2.75) is 32.5 Å². The standard InChI is InChI=1S/C26H23F3INO2/c1-26(2,16-33-25(28)29)24-23(30)22-20(31(24)19-13-11-18(27)12-14-19)9-6-10-21(22)32-15-17-7-4-3-5-8-17/h3-14,25H,15-16H2,1-2H3. The third-order valence-corrected chi connectivity index (χ3v) is 6.48. The van der Waals surface area contributed by atoms with E-state index in [1.54, 1.807) is 12.1 Å². The van der Waals surface area contributed by atoms with Gasteiger partial charge in [0, 0.05) is 20.4 Å². The zero-order chi connectivity index (χ0) is 23.6. The van der Waals surface area contributed by atoms with Gasteiger partial charge in [0.15, 0.2) is 0 Å². The van der Waals surface area contributed by atoms with Gasteiger partial charge in [-0.05, 0) is 64.6 Å². The molecule has 3 nitrogen and oxygen atoms in total. The Morgan fingerprint density at radius 1 is 0.939 bits per heavy atom. The summed E-state index contributed by atoms with van der Waals surface area (Å²) in [7, 11) is 0. The first-order valence-corrected chi connectivity index (χ1v) is 11.5. The second-order valence-corrected chi connectivity index (χ2v) is 9.43. The van der Waals surface area contributed by atoms with Gasteiger partial charge in [-0.15, -0.1) is 0 Å². The molecule has 0 fully saturated rings. The molecule has 0 radical (unpaired) electrons. The molecule has 0 spiro atoms. The summed E-state index contributed by atoms with van der Waals surface area (Å²) in [4.78, 5) is 0. The normalized spacial score (nSPS) is 12.0. The Morgan fingerprint density at radius 3 is 2.30 bits per heavy atom. The van der Waals surface area contributed by atoms with Gasteiger partial charge in [-0.2, -0.15) is 8.78 Å². The van der Waals surface area contributed by atoms with Crippen LogP contribution in [0.1, 0.15) is 25.1 Å². The van der Waals surface area contributed by atoms with E-state index in [1.165, 1.54) is 12.1 Å². The summed E-state index contributed by atoms with van der Waals surface area (Å²) in [5, 5.41) is 0.874. The number of alkyl halides is 2. The van der Waals surface area contributed by atoms with Crippen molar-refractivity contribution in [3.8, 4) is 11.4 Å². The zero-order valence-corrected chi connectivity index (χ0v) is 20.4. The predicted molar refractivity (Wildman–Crippen MR) is 132 cm³/mol. The summed E-state index contributed by atoms with van der Waals surface area (Å²) >= 11 is 2.24. The SMILES string of the molecule is CC(C)(COC(F)F)c1c(I)c2c(OCc3ccccc3)cccc2n1-c1ccc(F)cc1. The van der Waals surface area contributed by atoms with Crippen LogP contribution in [0.25, 0.3) is 16.6 Å². The average Bonchev–Trinajstić information content (AvgIpc) is 3.11. The monoisotopic (exact) mass is 565 g/mol. The number of nitrogens with zero attached hydrogens (tertiary/aromatic N) is 1. The summed E-state index contributed by atoms with van der Waals surface area (Å²) in [6.07, 6.45) is 0. The molecular formula is C26H23F3INO2. The van der Waals surface area contributed by atoms with Gasteiger partial charge in [0.1, 0.15) is 18.2 Å². The average molecular weight is 565 g/mol. The number of fused-ring (bicyclic) bond motifs is 1. The van der Waals surface area contributed by atoms with Crippen LogP contribution < -0.4 is 4.74 Å². The predicted octanol–water partition coefficient (Wildman–Crippen LogP) is 7.47. The molecule has 0 aliphatic carbocycles. The van der Waals surface area contributed by atoms with Crippen molar-refractivity contribution >= 4 is 33.5 Å². The van der Waals surface area contributed by atoms with Gasteiger partial charge in [0.2, 0.25) is 0 Å². The first kappa shape index (κ1) is 23.6. The lowest BCUT2D eigenvalue weighted by atomic mass is 9.90. The van der Waals surface area contributed by atoms with E-state index in [2.05, 4.69) is 22.6 Å². The van der Waals surface area contributed by atoms with Crippen LogP contribution in [0.15, 0.2) is 72.8 Å². The summed E-state index contributed by atoms with van der Waals surface area (Å²) in [6.45, 7) is 1.06. The van der Waals surface area contributed by atoms with Crippen molar-refractivity contribution in [1.82, 2.24) is 4.57 Å². The smallest absolute Gasteiger partial charge is 0.345 e. The molecule has 0 atom stereocenters. The van der Waals surface area contributed by atoms with E-state index in [0.29, 0.717) is 12.4 Å². The molecule has 0 aliphatic rings. The van der Waals surface area contributed by atoms with Crippen molar-refractivity contribution in [3.05, 3.63) is 93.4 Å². The Morgan fingerprint density at radius 2 is 1.64 bits per heavy atom. The molecule has 3 aromatic carbocycles. The van der Waals surface area contributed by atoms with Crippen LogP contribution in [-0.2, 0) is 16.8 Å². The number of benzene rings is 3. The second kappa shape index (κ2) is 9.77. The Bertz CT molecular complexity index is 1240. The quantitative estimate of drug-likeness (QED) is 0.207. The summed E-state index contributed by atoms with van der Waals surface area (Å²) in [5.74, 6) is 0.340. The van der Waals surface area contributed by atoms with E-state index in [9.17, 15) is 13.2 Å². The number of ether oxygens (including phenoxy) is 2. The summed E-state index contributed by atoms with van der Waals surface area (Å²) in [6, 6.07) is 21.7. The highest BCUT2D eigenvalue weighted by Crippen LogP contribution is 2.42. The van der Waals surface area contributed by atoms with Crippen molar-refractivity contribution in [1.29, 1.82) is 0 Å². The van der Waals surface area contributed by atoms with Crippen LogP contribution in [0, 0.1) is 9.39 Å². The zero-order valence-electron chi connectivity index (χ0n) is 18.2. The number of rotatable bonds is 8. The van der Waals surface area contributed by atoms with E-state index in [1.807, 2.05) is 66.9 Å². The number of aromatic nitrogens is 1. The van der Waals surface area contributed by atoms with E-state index in [4.69, 9.17) is 9.47 Å². The highest BCUT2D eigenvalue weighted by molar-refractivity contribution is 14.1. The van der Waals surface area contributed by atoms with Crippen LogP contribution in [-0.4, -0.2) is 17.8 Å². The molecule has 0 aliphatic heterocycles. The largest absolute Gasteiger partial charge is 0.488 e. The molecule has 7 heteroatoms. The molecule has 0 amide bonds. The highest BCUT2D eigenvalue weighted by atomic mass is 127. The van der Waals surface area contributed by atoms with Crippen molar-refractivity contribution in [3.63, 3.8) is 0 Å². The minimum Gasteiger partial charge on any atom is -0.488 e. The van der Waals surface area contributed by atoms with Gasteiger partial charge in [-0.25, -0.2) is 4.39 Å². The molecule has 1 heterocycles. The molecular weight excluding hydrogens is 542 g/mol. The van der Waals surface area contributed by atoms with Crippen molar-refractivity contribution in [2.75, 3.05) is 6.61 Å². The maximum Gasteiger partial charge on any atom is 0.345 e. The second-order valence-electron chi connectivity index (χ2n) is 8.35. The first-order valence-electron chi connectivity index (χ1n) is 10.4. The van der Waals surface area contributed by atoms with Crippen LogP contribution in [0.3, 0.4) is 0 Å². The maximum absolute atomic E-state index is 13.7. The lowest BCUT2D eigenvalue weighted by Gasteiger charge is -2.27. The molecule has 33 heavy (non-hydrogen) atoms. The summed E-state index contributed by atoms with van der Waals surface area (Å²) < 4.78 is 53.2. The fourth-order valence-electron chi connectivity index (χ4n) is 3.92. The Hall–Kier alpha value is -2.52. The molecule has 0 N–H and O–H groups in total. The van der Waals surface area contributed by atoms with E-state index in [0.717, 1.165) is 31.4 Å². The third-order valence-electron chi connectivity index (χ3n) is 5.43. The van der Waals surface area contributed by atoms with Crippen LogP contribution in [0.5, 0.6) is 5.75 Å². The Balaban J connectivity index is 1.88. The van der Waals surface area contributed by atoms with E-state index >= 15 is 0 Å². The molecule has 4 rings (SSSR count). The summed E-state index contributed by atoms with van der Waals surface area (Å²) in [5.41, 5.74) is 2.63. The molecule has 0 unspecified atom stereocenters. The van der Waals surface area contributed by atoms with Crippen molar-refractivity contribution < 1.29 is 22.6 Å². The number of halogens is 4. The number of hydrogen-bond donors (Lipinski definition) is 0. The van der Waals surface area contributed by atoms with E-state index in [-0.39, 0.29) is 12.4 Å². The Labute approximate surface area is 204 Å². The molecule has 0 saturated heterocycles. The van der Waals surface area contributed by atoms with Crippen LogP contribution in [0.4, 0.5) is 13.2 Å². The molecule has 0 bridgehead atoms. The van der Waals surface area contributed by atoms with E-state index < -0.39 is 12.0 Å². The lowest BCUT2D eigenvalue weighted by Crippen LogP contribution is -2.29. The van der Waals surface area contributed by atoms with Crippen LogP contribution >= 0.6 is 22.6 Å². The van der Waals surface area contributed by atoms with Gasteiger partial charge >= 0.3 is 6.61 Å². The third kappa shape index (κ3) is 5.04. The van der Waals surface area contributed by atoms with Gasteiger partial charge < -0.3 is 14.0 Å².